The molecule has 6 nitrogen and oxygen atoms in total. The second-order valence-electron chi connectivity index (χ2n) is 8.28. The molecule has 26 heavy (non-hydrogen) atoms. The van der Waals surface area contributed by atoms with Gasteiger partial charge >= 0.3 is 0 Å². The molecule has 0 saturated carbocycles. The van der Waals surface area contributed by atoms with Gasteiger partial charge in [0.25, 0.3) is 0 Å². The summed E-state index contributed by atoms with van der Waals surface area (Å²) in [6.45, 7) is 9.68. The second kappa shape index (κ2) is 7.74. The first-order valence-corrected chi connectivity index (χ1v) is 9.57. The minimum Gasteiger partial charge on any atom is -0.393 e. The van der Waals surface area contributed by atoms with Crippen LogP contribution in [0.25, 0.3) is 0 Å². The van der Waals surface area contributed by atoms with E-state index in [2.05, 4.69) is 35.6 Å². The molecule has 1 fully saturated rings. The number of carbonyl (C=O) groups is 1. The number of rotatable bonds is 5. The van der Waals surface area contributed by atoms with Crippen molar-refractivity contribution in [2.75, 3.05) is 18.0 Å². The van der Waals surface area contributed by atoms with E-state index in [0.717, 1.165) is 56.0 Å². The van der Waals surface area contributed by atoms with Crippen LogP contribution >= 0.6 is 0 Å². The first-order valence-electron chi connectivity index (χ1n) is 9.57. The summed E-state index contributed by atoms with van der Waals surface area (Å²) < 4.78 is 0. The fourth-order valence-corrected chi connectivity index (χ4v) is 3.88. The first kappa shape index (κ1) is 18.8. The van der Waals surface area contributed by atoms with Crippen LogP contribution in [0.15, 0.2) is 18.9 Å². The van der Waals surface area contributed by atoms with Gasteiger partial charge in [-0.15, -0.1) is 6.58 Å². The van der Waals surface area contributed by atoms with E-state index in [4.69, 9.17) is 4.98 Å². The van der Waals surface area contributed by atoms with Gasteiger partial charge in [-0.3, -0.25) is 4.79 Å². The Hall–Kier alpha value is -1.95. The van der Waals surface area contributed by atoms with Gasteiger partial charge in [-0.2, -0.15) is 0 Å². The number of piperidine rings is 1. The Bertz CT molecular complexity index is 666. The van der Waals surface area contributed by atoms with Crippen molar-refractivity contribution >= 4 is 11.9 Å². The van der Waals surface area contributed by atoms with E-state index in [1.807, 2.05) is 6.20 Å². The highest BCUT2D eigenvalue weighted by Crippen LogP contribution is 2.40. The minimum absolute atomic E-state index is 0.0386. The quantitative estimate of drug-likeness (QED) is 0.791. The molecule has 0 spiro atoms. The van der Waals surface area contributed by atoms with E-state index in [-0.39, 0.29) is 23.5 Å². The Morgan fingerprint density at radius 1 is 1.46 bits per heavy atom. The van der Waals surface area contributed by atoms with Crippen molar-refractivity contribution < 1.29 is 9.90 Å². The van der Waals surface area contributed by atoms with E-state index in [9.17, 15) is 9.90 Å². The van der Waals surface area contributed by atoms with Gasteiger partial charge in [-0.25, -0.2) is 9.97 Å². The molecule has 2 aliphatic rings. The molecule has 142 valence electrons. The lowest BCUT2D eigenvalue weighted by molar-refractivity contribution is -0.122. The molecule has 1 aromatic rings. The number of nitrogens with zero attached hydrogens (tertiary/aromatic N) is 3. The number of carbonyl (C=O) groups excluding carboxylic acids is 1. The Morgan fingerprint density at radius 2 is 2.19 bits per heavy atom. The summed E-state index contributed by atoms with van der Waals surface area (Å²) in [4.78, 5) is 23.8. The molecule has 1 aromatic heterocycles. The number of anilines is 1. The van der Waals surface area contributed by atoms with Crippen LogP contribution in [-0.2, 0) is 11.2 Å². The van der Waals surface area contributed by atoms with Crippen LogP contribution < -0.4 is 10.2 Å². The van der Waals surface area contributed by atoms with Crippen LogP contribution in [0.1, 0.15) is 63.3 Å². The van der Waals surface area contributed by atoms with Gasteiger partial charge in [0.05, 0.1) is 17.8 Å². The predicted octanol–water partition coefficient (Wildman–Crippen LogP) is 2.53. The van der Waals surface area contributed by atoms with E-state index in [1.165, 1.54) is 0 Å². The number of fused-ring (bicyclic) bond motifs is 1. The number of aliphatic hydroxyl groups is 1. The molecule has 2 heterocycles. The zero-order valence-corrected chi connectivity index (χ0v) is 15.9. The molecule has 3 rings (SSSR count). The minimum atomic E-state index is -0.210. The number of amides is 1. The number of aliphatic hydroxyl groups excluding tert-OH is 1. The summed E-state index contributed by atoms with van der Waals surface area (Å²) in [5.74, 6) is 0.790. The molecular weight excluding hydrogens is 328 g/mol. The van der Waals surface area contributed by atoms with Crippen molar-refractivity contribution in [3.8, 4) is 0 Å². The summed E-state index contributed by atoms with van der Waals surface area (Å²) >= 11 is 0. The molecule has 6 heteroatoms. The monoisotopic (exact) mass is 358 g/mol. The number of hydrogen-bond acceptors (Lipinski definition) is 5. The Labute approximate surface area is 155 Å². The highest BCUT2D eigenvalue weighted by molar-refractivity contribution is 5.76. The Kier molecular flexibility index (Phi) is 5.61. The lowest BCUT2D eigenvalue weighted by atomic mass is 9.74. The van der Waals surface area contributed by atoms with Gasteiger partial charge in [0.1, 0.15) is 0 Å². The van der Waals surface area contributed by atoms with Gasteiger partial charge in [-0.1, -0.05) is 19.9 Å². The summed E-state index contributed by atoms with van der Waals surface area (Å²) in [6, 6.07) is -0.0386. The van der Waals surface area contributed by atoms with Crippen LogP contribution in [0.3, 0.4) is 0 Å². The fraction of sp³-hybridized carbons (Fsp3) is 0.650. The smallest absolute Gasteiger partial charge is 0.225 e. The molecule has 1 amide bonds. The largest absolute Gasteiger partial charge is 0.393 e. The maximum atomic E-state index is 12.2. The Balaban J connectivity index is 1.79. The zero-order chi connectivity index (χ0) is 18.7. The van der Waals surface area contributed by atoms with Crippen LogP contribution in [0.4, 0.5) is 5.95 Å². The van der Waals surface area contributed by atoms with Crippen LogP contribution in [-0.4, -0.2) is 40.2 Å². The summed E-state index contributed by atoms with van der Waals surface area (Å²) in [7, 11) is 0. The molecule has 2 N–H and O–H groups in total. The zero-order valence-electron chi connectivity index (χ0n) is 15.9. The molecule has 0 radical (unpaired) electrons. The van der Waals surface area contributed by atoms with Crippen LogP contribution in [0, 0.1) is 5.41 Å². The maximum absolute atomic E-state index is 12.2. The van der Waals surface area contributed by atoms with Crippen molar-refractivity contribution in [2.24, 2.45) is 5.41 Å². The number of allylic oxidation sites excluding steroid dienone is 1. The highest BCUT2D eigenvalue weighted by Gasteiger charge is 2.35. The highest BCUT2D eigenvalue weighted by atomic mass is 16.3. The average Bonchev–Trinajstić information content (AvgIpc) is 2.59. The third-order valence-electron chi connectivity index (χ3n) is 5.32. The third kappa shape index (κ3) is 4.41. The van der Waals surface area contributed by atoms with E-state index >= 15 is 0 Å². The van der Waals surface area contributed by atoms with Gasteiger partial charge in [0, 0.05) is 31.3 Å². The van der Waals surface area contributed by atoms with Crippen molar-refractivity contribution in [2.45, 2.75) is 64.5 Å². The maximum Gasteiger partial charge on any atom is 0.225 e. The summed E-state index contributed by atoms with van der Waals surface area (Å²) in [6.07, 6.45) is 7.88. The number of hydrogen-bond donors (Lipinski definition) is 2. The van der Waals surface area contributed by atoms with Gasteiger partial charge in [0.15, 0.2) is 0 Å². The van der Waals surface area contributed by atoms with Gasteiger partial charge < -0.3 is 15.3 Å². The molecule has 0 bridgehead atoms. The number of aromatic nitrogens is 2. The molecule has 1 atom stereocenters. The fourth-order valence-electron chi connectivity index (χ4n) is 3.88. The van der Waals surface area contributed by atoms with Crippen molar-refractivity contribution in [3.63, 3.8) is 0 Å². The van der Waals surface area contributed by atoms with Crippen LogP contribution in [0.5, 0.6) is 0 Å². The SMILES string of the molecule is C=CCCC(=O)NC1CC(C)(C)Cc2nc(N3CCC(O)CC3)ncc21. The lowest BCUT2D eigenvalue weighted by Crippen LogP contribution is -2.39. The van der Waals surface area contributed by atoms with E-state index in [1.54, 1.807) is 6.08 Å². The topological polar surface area (TPSA) is 78.4 Å². The Morgan fingerprint density at radius 3 is 2.88 bits per heavy atom. The number of nitrogens with one attached hydrogen (secondary N) is 1. The third-order valence-corrected chi connectivity index (χ3v) is 5.32. The molecule has 1 aliphatic heterocycles. The molecule has 1 saturated heterocycles. The second-order valence-corrected chi connectivity index (χ2v) is 8.28. The normalized spacial score (nSPS) is 22.6. The van der Waals surface area contributed by atoms with Crippen molar-refractivity contribution in [1.29, 1.82) is 0 Å². The van der Waals surface area contributed by atoms with E-state index in [0.29, 0.717) is 12.8 Å². The summed E-state index contributed by atoms with van der Waals surface area (Å²) in [5.41, 5.74) is 2.15. The van der Waals surface area contributed by atoms with Crippen molar-refractivity contribution in [3.05, 3.63) is 30.1 Å². The average molecular weight is 358 g/mol. The van der Waals surface area contributed by atoms with Crippen molar-refractivity contribution in [1.82, 2.24) is 15.3 Å². The van der Waals surface area contributed by atoms with Crippen LogP contribution in [0.2, 0.25) is 0 Å². The molecule has 1 unspecified atom stereocenters. The summed E-state index contributed by atoms with van der Waals surface area (Å²) in [5, 5.41) is 12.9. The molecular formula is C20H30N4O2. The molecule has 1 aliphatic carbocycles. The lowest BCUT2D eigenvalue weighted by Gasteiger charge is -2.37. The standard InChI is InChI=1S/C20H30N4O2/c1-4-5-6-18(26)22-16-11-20(2,3)12-17-15(16)13-21-19(23-17)24-9-7-14(25)8-10-24/h4,13-14,16,25H,1,5-12H2,2-3H3,(H,22,26). The van der Waals surface area contributed by atoms with E-state index < -0.39 is 0 Å². The first-order chi connectivity index (χ1) is 12.4. The molecule has 0 aromatic carbocycles. The van der Waals surface area contributed by atoms with Gasteiger partial charge in [0.2, 0.25) is 11.9 Å². The van der Waals surface area contributed by atoms with Gasteiger partial charge in [-0.05, 0) is 37.5 Å². The predicted molar refractivity (Wildman–Crippen MR) is 102 cm³/mol.